The van der Waals surface area contributed by atoms with Crippen LogP contribution in [0.4, 0.5) is 15.8 Å². The number of hydrogen-bond donors (Lipinski definition) is 3. The molecule has 8 heteroatoms. The van der Waals surface area contributed by atoms with E-state index in [1.54, 1.807) is 13.8 Å². The van der Waals surface area contributed by atoms with Crippen LogP contribution in [-0.4, -0.2) is 21.8 Å². The maximum atomic E-state index is 13.6. The first-order valence-corrected chi connectivity index (χ1v) is 7.69. The second-order valence-electron chi connectivity index (χ2n) is 5.64. The van der Waals surface area contributed by atoms with E-state index in [4.69, 9.17) is 0 Å². The number of nitrogens with one attached hydrogen (secondary N) is 3. The van der Waals surface area contributed by atoms with Gasteiger partial charge in [-0.1, -0.05) is 0 Å². The molecule has 0 aliphatic rings. The quantitative estimate of drug-likeness (QED) is 0.771. The van der Waals surface area contributed by atoms with Gasteiger partial charge in [-0.3, -0.25) is 14.4 Å². The zero-order valence-corrected chi connectivity index (χ0v) is 14.2. The number of H-pyrrole nitrogens is 1. The zero-order valence-electron chi connectivity index (χ0n) is 14.2. The fourth-order valence-electron chi connectivity index (χ4n) is 2.40. The number of carbonyl (C=O) groups excluding carboxylic acids is 2. The SMILES string of the molecule is CC(=O)Nc1cc(NC(=O)CCc2c(C)nc(C)[nH]c2=O)ccc1F. The van der Waals surface area contributed by atoms with Crippen LogP contribution in [0, 0.1) is 19.7 Å². The van der Waals surface area contributed by atoms with Crippen LogP contribution in [0.2, 0.25) is 0 Å². The largest absolute Gasteiger partial charge is 0.326 e. The van der Waals surface area contributed by atoms with Crippen LogP contribution < -0.4 is 16.2 Å². The molecular formula is C17H19FN4O3. The summed E-state index contributed by atoms with van der Waals surface area (Å²) in [6.45, 7) is 4.67. The number of aryl methyl sites for hydroxylation is 2. The predicted octanol–water partition coefficient (Wildman–Crippen LogP) is 2.06. The van der Waals surface area contributed by atoms with Crippen molar-refractivity contribution >= 4 is 23.2 Å². The molecule has 0 saturated carbocycles. The molecule has 2 amide bonds. The predicted molar refractivity (Wildman–Crippen MR) is 92.0 cm³/mol. The van der Waals surface area contributed by atoms with Crippen LogP contribution in [-0.2, 0) is 16.0 Å². The van der Waals surface area contributed by atoms with E-state index in [2.05, 4.69) is 20.6 Å². The van der Waals surface area contributed by atoms with Crippen molar-refractivity contribution in [3.8, 4) is 0 Å². The van der Waals surface area contributed by atoms with Crippen LogP contribution in [0.5, 0.6) is 0 Å². The molecule has 25 heavy (non-hydrogen) atoms. The van der Waals surface area contributed by atoms with Crippen molar-refractivity contribution in [1.82, 2.24) is 9.97 Å². The van der Waals surface area contributed by atoms with Crippen molar-refractivity contribution in [2.45, 2.75) is 33.6 Å². The molecule has 0 atom stereocenters. The Labute approximate surface area is 143 Å². The number of aromatic nitrogens is 2. The van der Waals surface area contributed by atoms with Crippen LogP contribution in [0.15, 0.2) is 23.0 Å². The summed E-state index contributed by atoms with van der Waals surface area (Å²) in [6, 6.07) is 3.88. The van der Waals surface area contributed by atoms with Crippen molar-refractivity contribution in [2.75, 3.05) is 10.6 Å². The number of amides is 2. The van der Waals surface area contributed by atoms with Crippen molar-refractivity contribution in [3.05, 3.63) is 51.5 Å². The Morgan fingerprint density at radius 2 is 1.96 bits per heavy atom. The summed E-state index contributed by atoms with van der Waals surface area (Å²) in [5, 5.41) is 4.96. The number of hydrogen-bond acceptors (Lipinski definition) is 4. The standard InChI is InChI=1S/C17H19FN4O3/c1-9-13(17(25)20-10(2)19-9)5-7-16(24)22-12-4-6-14(18)15(8-12)21-11(3)23/h4,6,8H,5,7H2,1-3H3,(H,21,23)(H,22,24)(H,19,20,25). The highest BCUT2D eigenvalue weighted by Crippen LogP contribution is 2.20. The molecule has 2 rings (SSSR count). The average molecular weight is 346 g/mol. The van der Waals surface area contributed by atoms with E-state index in [1.807, 2.05) is 0 Å². The van der Waals surface area contributed by atoms with Gasteiger partial charge in [-0.15, -0.1) is 0 Å². The van der Waals surface area contributed by atoms with Gasteiger partial charge in [-0.2, -0.15) is 0 Å². The minimum Gasteiger partial charge on any atom is -0.326 e. The molecule has 0 bridgehead atoms. The summed E-state index contributed by atoms with van der Waals surface area (Å²) in [4.78, 5) is 41.8. The van der Waals surface area contributed by atoms with Gasteiger partial charge in [0.25, 0.3) is 5.56 Å². The molecule has 1 heterocycles. The van der Waals surface area contributed by atoms with Gasteiger partial charge < -0.3 is 15.6 Å². The molecule has 0 radical (unpaired) electrons. The second-order valence-corrected chi connectivity index (χ2v) is 5.64. The number of benzene rings is 1. The molecule has 7 nitrogen and oxygen atoms in total. The molecule has 0 spiro atoms. The lowest BCUT2D eigenvalue weighted by Crippen LogP contribution is -2.20. The second kappa shape index (κ2) is 7.69. The smallest absolute Gasteiger partial charge is 0.254 e. The van der Waals surface area contributed by atoms with Crippen LogP contribution in [0.3, 0.4) is 0 Å². The maximum absolute atomic E-state index is 13.6. The fourth-order valence-corrected chi connectivity index (χ4v) is 2.40. The average Bonchev–Trinajstić information content (AvgIpc) is 2.49. The van der Waals surface area contributed by atoms with Crippen molar-refractivity contribution < 1.29 is 14.0 Å². The summed E-state index contributed by atoms with van der Waals surface area (Å²) in [5.41, 5.74) is 1.12. The Morgan fingerprint density at radius 1 is 1.24 bits per heavy atom. The van der Waals surface area contributed by atoms with Gasteiger partial charge >= 0.3 is 0 Å². The van der Waals surface area contributed by atoms with E-state index in [9.17, 15) is 18.8 Å². The van der Waals surface area contributed by atoms with Crippen LogP contribution in [0.25, 0.3) is 0 Å². The third-order valence-corrected chi connectivity index (χ3v) is 3.50. The first-order valence-electron chi connectivity index (χ1n) is 7.69. The third kappa shape index (κ3) is 4.97. The molecule has 0 unspecified atom stereocenters. The molecular weight excluding hydrogens is 327 g/mol. The Balaban J connectivity index is 2.04. The fraction of sp³-hybridized carbons (Fsp3) is 0.294. The Bertz CT molecular complexity index is 877. The van der Waals surface area contributed by atoms with Gasteiger partial charge in [-0.25, -0.2) is 9.37 Å². The Kier molecular flexibility index (Phi) is 5.63. The Morgan fingerprint density at radius 3 is 2.60 bits per heavy atom. The van der Waals surface area contributed by atoms with Crippen molar-refractivity contribution in [1.29, 1.82) is 0 Å². The van der Waals surface area contributed by atoms with Gasteiger partial charge in [0.15, 0.2) is 0 Å². The van der Waals surface area contributed by atoms with E-state index in [1.165, 1.54) is 19.1 Å². The highest BCUT2D eigenvalue weighted by atomic mass is 19.1. The lowest BCUT2D eigenvalue weighted by atomic mass is 10.1. The van der Waals surface area contributed by atoms with Crippen LogP contribution >= 0.6 is 0 Å². The minimum atomic E-state index is -0.596. The first kappa shape index (κ1) is 18.3. The summed E-state index contributed by atoms with van der Waals surface area (Å²) in [6.07, 6.45) is 0.307. The summed E-state index contributed by atoms with van der Waals surface area (Å²) < 4.78 is 13.6. The van der Waals surface area contributed by atoms with Gasteiger partial charge in [0, 0.05) is 30.3 Å². The summed E-state index contributed by atoms with van der Waals surface area (Å²) in [7, 11) is 0. The number of halogens is 1. The number of rotatable bonds is 5. The normalized spacial score (nSPS) is 10.4. The lowest BCUT2D eigenvalue weighted by Gasteiger charge is -2.09. The topological polar surface area (TPSA) is 104 Å². The van der Waals surface area contributed by atoms with E-state index >= 15 is 0 Å². The maximum Gasteiger partial charge on any atom is 0.254 e. The third-order valence-electron chi connectivity index (χ3n) is 3.50. The molecule has 3 N–H and O–H groups in total. The van der Waals surface area contributed by atoms with E-state index in [0.29, 0.717) is 22.8 Å². The highest BCUT2D eigenvalue weighted by molar-refractivity contribution is 5.93. The number of aromatic amines is 1. The first-order chi connectivity index (χ1) is 11.8. The number of nitrogens with zero attached hydrogens (tertiary/aromatic N) is 1. The molecule has 0 saturated heterocycles. The van der Waals surface area contributed by atoms with E-state index < -0.39 is 11.7 Å². The van der Waals surface area contributed by atoms with Crippen LogP contribution in [0.1, 0.15) is 30.4 Å². The van der Waals surface area contributed by atoms with E-state index in [-0.39, 0.29) is 30.0 Å². The number of carbonyl (C=O) groups is 2. The van der Waals surface area contributed by atoms with Gasteiger partial charge in [0.2, 0.25) is 11.8 Å². The molecule has 2 aromatic rings. The molecule has 1 aromatic carbocycles. The highest BCUT2D eigenvalue weighted by Gasteiger charge is 2.11. The van der Waals surface area contributed by atoms with Gasteiger partial charge in [0.05, 0.1) is 5.69 Å². The zero-order chi connectivity index (χ0) is 18.6. The van der Waals surface area contributed by atoms with E-state index in [0.717, 1.165) is 6.07 Å². The molecule has 0 aliphatic carbocycles. The summed E-state index contributed by atoms with van der Waals surface area (Å²) in [5.74, 6) is -0.822. The molecule has 0 fully saturated rings. The monoisotopic (exact) mass is 346 g/mol. The van der Waals surface area contributed by atoms with Gasteiger partial charge in [0.1, 0.15) is 11.6 Å². The van der Waals surface area contributed by atoms with Crippen molar-refractivity contribution in [3.63, 3.8) is 0 Å². The number of anilines is 2. The lowest BCUT2D eigenvalue weighted by molar-refractivity contribution is -0.116. The summed E-state index contributed by atoms with van der Waals surface area (Å²) >= 11 is 0. The Hall–Kier alpha value is -3.03. The van der Waals surface area contributed by atoms with Crippen molar-refractivity contribution in [2.24, 2.45) is 0 Å². The minimum absolute atomic E-state index is 0.0136. The molecule has 1 aromatic heterocycles. The molecule has 0 aliphatic heterocycles. The van der Waals surface area contributed by atoms with Gasteiger partial charge in [-0.05, 0) is 38.5 Å². The molecule has 132 valence electrons.